The first-order valence-electron chi connectivity index (χ1n) is 7.24. The van der Waals surface area contributed by atoms with Crippen molar-refractivity contribution in [2.75, 3.05) is 5.75 Å². The van der Waals surface area contributed by atoms with Gasteiger partial charge in [0, 0.05) is 11.8 Å². The van der Waals surface area contributed by atoms with E-state index in [1.165, 1.54) is 12.1 Å². The molecule has 1 aromatic carbocycles. The second kappa shape index (κ2) is 7.11. The Kier molecular flexibility index (Phi) is 5.46. The van der Waals surface area contributed by atoms with Crippen LogP contribution < -0.4 is 5.32 Å². The monoisotopic (exact) mass is 294 g/mol. The Morgan fingerprint density at radius 1 is 1.30 bits per heavy atom. The highest BCUT2D eigenvalue weighted by atomic mass is 32.2. The van der Waals surface area contributed by atoms with E-state index < -0.39 is 0 Å². The third-order valence-electron chi connectivity index (χ3n) is 3.28. The van der Waals surface area contributed by atoms with Gasteiger partial charge < -0.3 is 5.32 Å². The number of rotatable bonds is 5. The van der Waals surface area contributed by atoms with E-state index in [-0.39, 0.29) is 5.82 Å². The lowest BCUT2D eigenvalue weighted by Gasteiger charge is -2.14. The summed E-state index contributed by atoms with van der Waals surface area (Å²) >= 11 is 1.81. The highest BCUT2D eigenvalue weighted by molar-refractivity contribution is 8.14. The molecule has 4 heteroatoms. The lowest BCUT2D eigenvalue weighted by atomic mass is 10.1. The standard InChI is InChI=1S/C16H23FN2S/c1-11(2)8-15-10-20-16(19-15)18-12(3)9-13-4-6-14(17)7-5-13/h4-7,11-12,15H,8-10H2,1-3H3,(H,18,19). The van der Waals surface area contributed by atoms with Gasteiger partial charge in [-0.15, -0.1) is 0 Å². The maximum absolute atomic E-state index is 12.9. The minimum absolute atomic E-state index is 0.179. The number of nitrogens with one attached hydrogen (secondary N) is 1. The van der Waals surface area contributed by atoms with Crippen molar-refractivity contribution < 1.29 is 4.39 Å². The number of halogens is 1. The van der Waals surface area contributed by atoms with E-state index in [4.69, 9.17) is 4.99 Å². The average molecular weight is 294 g/mol. The fraction of sp³-hybridized carbons (Fsp3) is 0.562. The Hall–Kier alpha value is -1.03. The maximum Gasteiger partial charge on any atom is 0.157 e. The predicted octanol–water partition coefficient (Wildman–Crippen LogP) is 3.86. The van der Waals surface area contributed by atoms with Crippen LogP contribution in [0.2, 0.25) is 0 Å². The van der Waals surface area contributed by atoms with Crippen molar-refractivity contribution in [3.63, 3.8) is 0 Å². The molecule has 1 aromatic rings. The van der Waals surface area contributed by atoms with E-state index in [9.17, 15) is 4.39 Å². The third-order valence-corrected chi connectivity index (χ3v) is 4.33. The SMILES string of the molecule is CC(C)CC1CSC(NC(C)Cc2ccc(F)cc2)=N1. The molecule has 2 nitrogen and oxygen atoms in total. The molecule has 1 aliphatic rings. The molecule has 2 rings (SSSR count). The lowest BCUT2D eigenvalue weighted by Crippen LogP contribution is -2.31. The van der Waals surface area contributed by atoms with Gasteiger partial charge in [-0.2, -0.15) is 0 Å². The second-order valence-corrected chi connectivity index (χ2v) is 6.91. The van der Waals surface area contributed by atoms with E-state index in [1.54, 1.807) is 0 Å². The molecule has 0 aliphatic carbocycles. The molecule has 0 spiro atoms. The smallest absolute Gasteiger partial charge is 0.157 e. The van der Waals surface area contributed by atoms with Gasteiger partial charge in [-0.1, -0.05) is 37.7 Å². The topological polar surface area (TPSA) is 24.4 Å². The van der Waals surface area contributed by atoms with Crippen LogP contribution in [0.25, 0.3) is 0 Å². The zero-order valence-corrected chi connectivity index (χ0v) is 13.2. The number of benzene rings is 1. The van der Waals surface area contributed by atoms with Crippen LogP contribution in [-0.2, 0) is 6.42 Å². The number of amidine groups is 1. The van der Waals surface area contributed by atoms with Crippen LogP contribution in [0.4, 0.5) is 4.39 Å². The van der Waals surface area contributed by atoms with Gasteiger partial charge in [0.05, 0.1) is 6.04 Å². The largest absolute Gasteiger partial charge is 0.362 e. The summed E-state index contributed by atoms with van der Waals surface area (Å²) in [6.45, 7) is 6.62. The fourth-order valence-corrected chi connectivity index (χ4v) is 3.46. The van der Waals surface area contributed by atoms with Crippen molar-refractivity contribution in [1.29, 1.82) is 0 Å². The van der Waals surface area contributed by atoms with Crippen molar-refractivity contribution in [3.05, 3.63) is 35.6 Å². The van der Waals surface area contributed by atoms with Gasteiger partial charge in [-0.3, -0.25) is 4.99 Å². The quantitative estimate of drug-likeness (QED) is 0.891. The minimum atomic E-state index is -0.179. The van der Waals surface area contributed by atoms with Crippen LogP contribution in [0.5, 0.6) is 0 Å². The molecule has 0 saturated heterocycles. The zero-order chi connectivity index (χ0) is 14.5. The predicted molar refractivity (Wildman–Crippen MR) is 85.8 cm³/mol. The molecule has 20 heavy (non-hydrogen) atoms. The maximum atomic E-state index is 12.9. The molecule has 0 bridgehead atoms. The summed E-state index contributed by atoms with van der Waals surface area (Å²) in [5.41, 5.74) is 1.15. The van der Waals surface area contributed by atoms with E-state index in [1.807, 2.05) is 23.9 Å². The second-order valence-electron chi connectivity index (χ2n) is 5.90. The summed E-state index contributed by atoms with van der Waals surface area (Å²) in [4.78, 5) is 4.73. The van der Waals surface area contributed by atoms with Crippen LogP contribution >= 0.6 is 11.8 Å². The summed E-state index contributed by atoms with van der Waals surface area (Å²) in [5.74, 6) is 1.60. The normalized spacial score (nSPS) is 20.1. The van der Waals surface area contributed by atoms with Crippen LogP contribution in [0.3, 0.4) is 0 Å². The summed E-state index contributed by atoms with van der Waals surface area (Å²) < 4.78 is 12.9. The van der Waals surface area contributed by atoms with Crippen LogP contribution in [0, 0.1) is 11.7 Å². The molecule has 2 unspecified atom stereocenters. The molecular formula is C16H23FN2S. The first kappa shape index (κ1) is 15.4. The third kappa shape index (κ3) is 4.82. The summed E-state index contributed by atoms with van der Waals surface area (Å²) in [5, 5.41) is 4.52. The molecule has 0 amide bonds. The minimum Gasteiger partial charge on any atom is -0.362 e. The van der Waals surface area contributed by atoms with Crippen molar-refractivity contribution >= 4 is 16.9 Å². The molecule has 0 saturated carbocycles. The van der Waals surface area contributed by atoms with Crippen LogP contribution in [0.15, 0.2) is 29.3 Å². The number of thioether (sulfide) groups is 1. The Morgan fingerprint density at radius 2 is 2.00 bits per heavy atom. The molecule has 0 aromatic heterocycles. The summed E-state index contributed by atoms with van der Waals surface area (Å²) in [7, 11) is 0. The van der Waals surface area contributed by atoms with E-state index in [0.29, 0.717) is 18.0 Å². The van der Waals surface area contributed by atoms with Gasteiger partial charge in [0.25, 0.3) is 0 Å². The number of nitrogens with zero attached hydrogens (tertiary/aromatic N) is 1. The van der Waals surface area contributed by atoms with Gasteiger partial charge in [-0.05, 0) is 43.4 Å². The summed E-state index contributed by atoms with van der Waals surface area (Å²) in [6.07, 6.45) is 2.04. The molecule has 0 fully saturated rings. The van der Waals surface area contributed by atoms with Gasteiger partial charge >= 0.3 is 0 Å². The Bertz CT molecular complexity index is 456. The molecule has 1 N–H and O–H groups in total. The average Bonchev–Trinajstić information content (AvgIpc) is 2.78. The van der Waals surface area contributed by atoms with Gasteiger partial charge in [0.2, 0.25) is 0 Å². The molecule has 2 atom stereocenters. The van der Waals surface area contributed by atoms with Crippen molar-refractivity contribution in [2.45, 2.75) is 45.7 Å². The Labute approximate surface area is 125 Å². The first-order chi connectivity index (χ1) is 9.52. The highest BCUT2D eigenvalue weighted by Crippen LogP contribution is 2.22. The van der Waals surface area contributed by atoms with E-state index in [2.05, 4.69) is 26.1 Å². The Balaban J connectivity index is 1.82. The van der Waals surface area contributed by atoms with Gasteiger partial charge in [0.15, 0.2) is 5.17 Å². The number of aliphatic imine (C=N–C) groups is 1. The van der Waals surface area contributed by atoms with Crippen molar-refractivity contribution in [1.82, 2.24) is 5.32 Å². The molecule has 0 radical (unpaired) electrons. The number of hydrogen-bond acceptors (Lipinski definition) is 3. The van der Waals surface area contributed by atoms with E-state index in [0.717, 1.165) is 29.3 Å². The molecular weight excluding hydrogens is 271 g/mol. The summed E-state index contributed by atoms with van der Waals surface area (Å²) in [6, 6.07) is 7.49. The molecule has 1 heterocycles. The van der Waals surface area contributed by atoms with Crippen LogP contribution in [0.1, 0.15) is 32.8 Å². The van der Waals surface area contributed by atoms with Crippen molar-refractivity contribution in [2.24, 2.45) is 10.9 Å². The number of hydrogen-bond donors (Lipinski definition) is 1. The van der Waals surface area contributed by atoms with Crippen LogP contribution in [-0.4, -0.2) is 23.0 Å². The highest BCUT2D eigenvalue weighted by Gasteiger charge is 2.20. The molecule has 1 aliphatic heterocycles. The lowest BCUT2D eigenvalue weighted by molar-refractivity contribution is 0.528. The fourth-order valence-electron chi connectivity index (χ4n) is 2.40. The van der Waals surface area contributed by atoms with Gasteiger partial charge in [-0.25, -0.2) is 4.39 Å². The first-order valence-corrected chi connectivity index (χ1v) is 8.23. The Morgan fingerprint density at radius 3 is 2.65 bits per heavy atom. The van der Waals surface area contributed by atoms with Crippen molar-refractivity contribution in [3.8, 4) is 0 Å². The molecule has 110 valence electrons. The van der Waals surface area contributed by atoms with Gasteiger partial charge in [0.1, 0.15) is 5.82 Å². The zero-order valence-electron chi connectivity index (χ0n) is 12.4. The van der Waals surface area contributed by atoms with E-state index >= 15 is 0 Å².